The second-order valence-corrected chi connectivity index (χ2v) is 8.44. The molecule has 190 valence electrons. The fraction of sp³-hybridized carbons (Fsp3) is 0.0690. The molecule has 0 spiro atoms. The minimum Gasteiger partial charge on any atom is -0.265 e. The lowest BCUT2D eigenvalue weighted by atomic mass is 9.98. The standard InChI is InChI=1S/C29H18F6N3/c30-28(31,32)23-5-1-20(2-6-23)26-17-22(19-9-13-36-14-10-19)18-27(38(26)25-11-15-37-16-12-25)21-3-7-24(8-4-21)29(33,34)35/h1-18H/q+1. The number of alkyl halides is 6. The van der Waals surface area contributed by atoms with Crippen molar-refractivity contribution < 1.29 is 30.9 Å². The van der Waals surface area contributed by atoms with Gasteiger partial charge in [0.1, 0.15) is 0 Å². The quantitative estimate of drug-likeness (QED) is 0.178. The number of halogens is 6. The molecule has 3 nitrogen and oxygen atoms in total. The minimum atomic E-state index is -4.50. The Morgan fingerprint density at radius 3 is 1.24 bits per heavy atom. The average molecular weight is 522 g/mol. The van der Waals surface area contributed by atoms with Gasteiger partial charge in [0.05, 0.1) is 11.1 Å². The monoisotopic (exact) mass is 522 g/mol. The number of benzene rings is 2. The molecular weight excluding hydrogens is 504 g/mol. The molecule has 5 aromatic rings. The topological polar surface area (TPSA) is 29.7 Å². The van der Waals surface area contributed by atoms with Gasteiger partial charge in [-0.05, 0) is 71.8 Å². The first-order chi connectivity index (χ1) is 18.1. The van der Waals surface area contributed by atoms with Crippen LogP contribution in [-0.4, -0.2) is 9.97 Å². The van der Waals surface area contributed by atoms with E-state index in [9.17, 15) is 26.3 Å². The van der Waals surface area contributed by atoms with Crippen LogP contribution in [0.5, 0.6) is 0 Å². The molecule has 0 saturated heterocycles. The molecule has 0 bridgehead atoms. The van der Waals surface area contributed by atoms with Gasteiger partial charge in [0.25, 0.3) is 0 Å². The molecule has 3 heterocycles. The van der Waals surface area contributed by atoms with E-state index in [2.05, 4.69) is 9.97 Å². The molecule has 3 aromatic heterocycles. The number of hydrogen-bond acceptors (Lipinski definition) is 2. The fourth-order valence-corrected chi connectivity index (χ4v) is 4.16. The normalized spacial score (nSPS) is 11.9. The first kappa shape index (κ1) is 25.1. The van der Waals surface area contributed by atoms with Gasteiger partial charge in [0.15, 0.2) is 0 Å². The Hall–Kier alpha value is -4.53. The molecule has 0 aliphatic heterocycles. The summed E-state index contributed by atoms with van der Waals surface area (Å²) in [5, 5.41) is 0. The molecule has 9 heteroatoms. The van der Waals surface area contributed by atoms with E-state index in [0.717, 1.165) is 29.8 Å². The average Bonchev–Trinajstić information content (AvgIpc) is 2.92. The molecule has 0 N–H and O–H groups in total. The highest BCUT2D eigenvalue weighted by molar-refractivity contribution is 5.74. The van der Waals surface area contributed by atoms with Crippen molar-refractivity contribution in [3.8, 4) is 39.3 Å². The van der Waals surface area contributed by atoms with Crippen LogP contribution in [0.1, 0.15) is 11.1 Å². The highest BCUT2D eigenvalue weighted by Crippen LogP contribution is 2.35. The van der Waals surface area contributed by atoms with Gasteiger partial charge in [-0.15, -0.1) is 0 Å². The third-order valence-electron chi connectivity index (χ3n) is 6.02. The number of pyridine rings is 3. The van der Waals surface area contributed by atoms with Crippen LogP contribution in [0.15, 0.2) is 110 Å². The van der Waals surface area contributed by atoms with Gasteiger partial charge in [-0.25, -0.2) is 0 Å². The molecule has 0 amide bonds. The van der Waals surface area contributed by atoms with Crippen molar-refractivity contribution in [1.29, 1.82) is 0 Å². The molecule has 0 fully saturated rings. The van der Waals surface area contributed by atoms with Gasteiger partial charge in [0.2, 0.25) is 17.1 Å². The Labute approximate surface area is 213 Å². The van der Waals surface area contributed by atoms with E-state index in [-0.39, 0.29) is 0 Å². The van der Waals surface area contributed by atoms with Crippen molar-refractivity contribution in [1.82, 2.24) is 9.97 Å². The Bertz CT molecular complexity index is 1470. The molecular formula is C29H18F6N3+. The van der Waals surface area contributed by atoms with E-state index >= 15 is 0 Å². The van der Waals surface area contributed by atoms with Crippen molar-refractivity contribution in [3.63, 3.8) is 0 Å². The maximum absolute atomic E-state index is 13.3. The molecule has 0 radical (unpaired) electrons. The molecule has 2 aromatic carbocycles. The Kier molecular flexibility index (Phi) is 6.44. The van der Waals surface area contributed by atoms with Crippen LogP contribution in [0.25, 0.3) is 39.3 Å². The fourth-order valence-electron chi connectivity index (χ4n) is 4.16. The van der Waals surface area contributed by atoms with Gasteiger partial charge < -0.3 is 0 Å². The predicted octanol–water partition coefficient (Wildman–Crippen LogP) is 7.79. The van der Waals surface area contributed by atoms with Gasteiger partial charge in [-0.3, -0.25) is 9.97 Å². The van der Waals surface area contributed by atoms with E-state index in [1.54, 1.807) is 53.6 Å². The zero-order valence-corrected chi connectivity index (χ0v) is 19.5. The van der Waals surface area contributed by atoms with E-state index in [1.807, 2.05) is 12.1 Å². The van der Waals surface area contributed by atoms with E-state index in [1.165, 1.54) is 24.3 Å². The van der Waals surface area contributed by atoms with Crippen molar-refractivity contribution in [2.75, 3.05) is 0 Å². The highest BCUT2D eigenvalue weighted by atomic mass is 19.4. The minimum absolute atomic E-state index is 0.485. The maximum atomic E-state index is 13.3. The summed E-state index contributed by atoms with van der Waals surface area (Å²) in [4.78, 5) is 8.09. The zero-order chi connectivity index (χ0) is 26.9. The second-order valence-electron chi connectivity index (χ2n) is 8.44. The number of rotatable bonds is 4. The van der Waals surface area contributed by atoms with Crippen LogP contribution in [-0.2, 0) is 12.4 Å². The predicted molar refractivity (Wildman–Crippen MR) is 130 cm³/mol. The van der Waals surface area contributed by atoms with Gasteiger partial charge in [-0.2, -0.15) is 30.9 Å². The van der Waals surface area contributed by atoms with Crippen LogP contribution in [0, 0.1) is 0 Å². The second kappa shape index (κ2) is 9.74. The summed E-state index contributed by atoms with van der Waals surface area (Å²) in [6.07, 6.45) is -2.66. The Morgan fingerprint density at radius 2 is 0.842 bits per heavy atom. The molecule has 0 unspecified atom stereocenters. The van der Waals surface area contributed by atoms with Crippen molar-refractivity contribution in [3.05, 3.63) is 121 Å². The van der Waals surface area contributed by atoms with Crippen molar-refractivity contribution >= 4 is 0 Å². The highest BCUT2D eigenvalue weighted by Gasteiger charge is 2.32. The van der Waals surface area contributed by atoms with Gasteiger partial charge >= 0.3 is 12.4 Å². The number of nitrogens with zero attached hydrogens (tertiary/aromatic N) is 3. The van der Waals surface area contributed by atoms with Crippen LogP contribution < -0.4 is 4.57 Å². The van der Waals surface area contributed by atoms with Crippen LogP contribution in [0.4, 0.5) is 26.3 Å². The zero-order valence-electron chi connectivity index (χ0n) is 19.5. The number of aromatic nitrogens is 3. The smallest absolute Gasteiger partial charge is 0.265 e. The Morgan fingerprint density at radius 1 is 0.447 bits per heavy atom. The molecule has 0 aliphatic rings. The first-order valence-corrected chi connectivity index (χ1v) is 11.4. The van der Waals surface area contributed by atoms with Gasteiger partial charge in [0, 0.05) is 60.2 Å². The van der Waals surface area contributed by atoms with Gasteiger partial charge in [-0.1, -0.05) is 0 Å². The first-order valence-electron chi connectivity index (χ1n) is 11.4. The summed E-state index contributed by atoms with van der Waals surface area (Å²) >= 11 is 0. The van der Waals surface area contributed by atoms with Crippen molar-refractivity contribution in [2.24, 2.45) is 0 Å². The molecule has 0 aliphatic carbocycles. The molecule has 38 heavy (non-hydrogen) atoms. The summed E-state index contributed by atoms with van der Waals surface area (Å²) in [5.74, 6) is 0. The number of hydrogen-bond donors (Lipinski definition) is 0. The molecule has 0 saturated carbocycles. The summed E-state index contributed by atoms with van der Waals surface area (Å²) < 4.78 is 81.3. The lowest BCUT2D eigenvalue weighted by Crippen LogP contribution is -2.36. The molecule has 0 atom stereocenters. The summed E-state index contributed by atoms with van der Waals surface area (Å²) in [6, 6.07) is 20.2. The maximum Gasteiger partial charge on any atom is 0.416 e. The van der Waals surface area contributed by atoms with E-state index < -0.39 is 23.5 Å². The third kappa shape index (κ3) is 5.13. The van der Waals surface area contributed by atoms with E-state index in [0.29, 0.717) is 33.8 Å². The third-order valence-corrected chi connectivity index (χ3v) is 6.02. The van der Waals surface area contributed by atoms with Crippen molar-refractivity contribution in [2.45, 2.75) is 12.4 Å². The summed E-state index contributed by atoms with van der Waals surface area (Å²) in [5.41, 5.74) is 2.59. The SMILES string of the molecule is FC(F)(F)c1ccc(-c2cc(-c3ccncc3)cc(-c3ccc(C(F)(F)F)cc3)[n+]2-c2ccncc2)cc1. The summed E-state index contributed by atoms with van der Waals surface area (Å²) in [7, 11) is 0. The summed E-state index contributed by atoms with van der Waals surface area (Å²) in [6.45, 7) is 0. The Balaban J connectivity index is 1.81. The van der Waals surface area contributed by atoms with E-state index in [4.69, 9.17) is 0 Å². The largest absolute Gasteiger partial charge is 0.416 e. The van der Waals surface area contributed by atoms with Crippen LogP contribution in [0.2, 0.25) is 0 Å². The lowest BCUT2D eigenvalue weighted by molar-refractivity contribution is -0.572. The lowest BCUT2D eigenvalue weighted by Gasteiger charge is -2.14. The van der Waals surface area contributed by atoms with Crippen LogP contribution >= 0.6 is 0 Å². The molecule has 5 rings (SSSR count). The van der Waals surface area contributed by atoms with Crippen LogP contribution in [0.3, 0.4) is 0 Å².